The van der Waals surface area contributed by atoms with Crippen molar-refractivity contribution in [3.05, 3.63) is 58.1 Å². The first-order valence-electron chi connectivity index (χ1n) is 13.1. The summed E-state index contributed by atoms with van der Waals surface area (Å²) in [6, 6.07) is 10.2. The maximum atomic E-state index is 12.4. The van der Waals surface area contributed by atoms with Gasteiger partial charge in [0, 0.05) is 49.7 Å². The van der Waals surface area contributed by atoms with E-state index < -0.39 is 12.1 Å². The molecular weight excluding hydrogens is 554 g/mol. The standard InChI is InChI=1S/C23H27ClF3N3O2S.2C2H6.CH3F/c1-3-16-13-17(22(31)28-33-4-2)5-6-18(16)15-29-9-11-30(12-10-29)19-7-8-21(20(24)14-19)32-23(25,26)27;3*1-2/h5-8,13-14H,3-4,9-12,15H2,1-2H3,(H,28,31);2*1-2H3;1H3. The van der Waals surface area contributed by atoms with Gasteiger partial charge in [-0.15, -0.1) is 13.2 Å². The van der Waals surface area contributed by atoms with Gasteiger partial charge < -0.3 is 9.64 Å². The number of rotatable bonds is 8. The minimum Gasteiger partial charge on any atom is -0.404 e. The van der Waals surface area contributed by atoms with Gasteiger partial charge in [-0.3, -0.25) is 18.8 Å². The number of aryl methyl sites for hydroxylation is 1. The Hall–Kier alpha value is -2.17. The van der Waals surface area contributed by atoms with Gasteiger partial charge in [0.1, 0.15) is 5.75 Å². The summed E-state index contributed by atoms with van der Waals surface area (Å²) in [5.74, 6) is 0.333. The normalized spacial score (nSPS) is 13.1. The Kier molecular flexibility index (Phi) is 18.7. The summed E-state index contributed by atoms with van der Waals surface area (Å²) >= 11 is 7.38. The number of carbonyl (C=O) groups excluding carboxylic acids is 1. The number of amides is 1. The highest BCUT2D eigenvalue weighted by atomic mass is 35.5. The van der Waals surface area contributed by atoms with Crippen LogP contribution in [0.25, 0.3) is 0 Å². The summed E-state index contributed by atoms with van der Waals surface area (Å²) in [7, 11) is 0.500. The van der Waals surface area contributed by atoms with Crippen LogP contribution in [0.2, 0.25) is 5.02 Å². The number of halogens is 5. The number of carbonyl (C=O) groups is 1. The molecule has 3 rings (SSSR count). The summed E-state index contributed by atoms with van der Waals surface area (Å²) in [4.78, 5) is 16.7. The molecule has 1 aliphatic rings. The molecule has 1 fully saturated rings. The third-order valence-electron chi connectivity index (χ3n) is 5.43. The van der Waals surface area contributed by atoms with Crippen molar-refractivity contribution in [2.24, 2.45) is 0 Å². The lowest BCUT2D eigenvalue weighted by Crippen LogP contribution is -2.46. The summed E-state index contributed by atoms with van der Waals surface area (Å²) in [5.41, 5.74) is 3.78. The number of hydrogen-bond donors (Lipinski definition) is 1. The number of piperazine rings is 1. The number of alkyl halides is 4. The van der Waals surface area contributed by atoms with Crippen LogP contribution >= 0.6 is 23.5 Å². The summed E-state index contributed by atoms with van der Waals surface area (Å²) in [5, 5.41) is -0.0682. The molecule has 2 aromatic carbocycles. The second kappa shape index (κ2) is 19.8. The average molecular weight is 596 g/mol. The molecule has 0 unspecified atom stereocenters. The van der Waals surface area contributed by atoms with Crippen LogP contribution in [0.4, 0.5) is 23.2 Å². The Balaban J connectivity index is 0.00000225. The van der Waals surface area contributed by atoms with Crippen LogP contribution < -0.4 is 14.4 Å². The van der Waals surface area contributed by atoms with Crippen molar-refractivity contribution in [2.75, 3.05) is 44.0 Å². The van der Waals surface area contributed by atoms with Gasteiger partial charge in [-0.2, -0.15) is 0 Å². The molecule has 39 heavy (non-hydrogen) atoms. The highest BCUT2D eigenvalue weighted by Crippen LogP contribution is 2.33. The molecule has 0 aliphatic carbocycles. The molecule has 1 heterocycles. The Morgan fingerprint density at radius 1 is 0.974 bits per heavy atom. The van der Waals surface area contributed by atoms with Crippen molar-refractivity contribution < 1.29 is 27.1 Å². The molecule has 1 saturated heterocycles. The van der Waals surface area contributed by atoms with Crippen molar-refractivity contribution in [2.45, 2.75) is 60.9 Å². The third kappa shape index (κ3) is 12.7. The van der Waals surface area contributed by atoms with E-state index in [1.807, 2.05) is 52.8 Å². The van der Waals surface area contributed by atoms with Crippen LogP contribution in [0.3, 0.4) is 0 Å². The Morgan fingerprint density at radius 3 is 2.10 bits per heavy atom. The van der Waals surface area contributed by atoms with Crippen molar-refractivity contribution in [1.82, 2.24) is 9.62 Å². The minimum absolute atomic E-state index is 0.0682. The van der Waals surface area contributed by atoms with E-state index in [0.717, 1.165) is 56.1 Å². The van der Waals surface area contributed by atoms with Crippen LogP contribution in [0.5, 0.6) is 5.75 Å². The van der Waals surface area contributed by atoms with Gasteiger partial charge in [0.2, 0.25) is 0 Å². The fraction of sp³-hybridized carbons (Fsp3) is 0.536. The fourth-order valence-corrected chi connectivity index (χ4v) is 4.35. The zero-order chi connectivity index (χ0) is 30.0. The van der Waals surface area contributed by atoms with Crippen LogP contribution in [0, 0.1) is 0 Å². The smallest absolute Gasteiger partial charge is 0.404 e. The zero-order valence-electron chi connectivity index (χ0n) is 23.9. The Bertz CT molecular complexity index is 972. The van der Waals surface area contributed by atoms with E-state index in [0.29, 0.717) is 12.7 Å². The molecule has 11 heteroatoms. The fourth-order valence-electron chi connectivity index (χ4n) is 3.75. The lowest BCUT2D eigenvalue weighted by Gasteiger charge is -2.36. The highest BCUT2D eigenvalue weighted by molar-refractivity contribution is 7.97. The van der Waals surface area contributed by atoms with E-state index in [2.05, 4.69) is 26.2 Å². The Morgan fingerprint density at radius 2 is 1.59 bits per heavy atom. The molecule has 1 N–H and O–H groups in total. The molecule has 222 valence electrons. The molecular formula is C28H42ClF4N3O2S. The number of anilines is 1. The van der Waals surface area contributed by atoms with Gasteiger partial charge in [-0.1, -0.05) is 71.2 Å². The molecule has 0 saturated carbocycles. The molecule has 1 amide bonds. The summed E-state index contributed by atoms with van der Waals surface area (Å²) in [6.45, 7) is 15.9. The van der Waals surface area contributed by atoms with Crippen molar-refractivity contribution in [1.29, 1.82) is 0 Å². The van der Waals surface area contributed by atoms with Crippen LogP contribution in [0.1, 0.15) is 63.0 Å². The molecule has 5 nitrogen and oxygen atoms in total. The first-order chi connectivity index (χ1) is 18.7. The quantitative estimate of drug-likeness (QED) is 0.246. The van der Waals surface area contributed by atoms with E-state index in [9.17, 15) is 22.4 Å². The van der Waals surface area contributed by atoms with Crippen molar-refractivity contribution in [3.8, 4) is 5.75 Å². The van der Waals surface area contributed by atoms with E-state index in [-0.39, 0.29) is 10.9 Å². The number of ether oxygens (including phenoxy) is 1. The van der Waals surface area contributed by atoms with Crippen LogP contribution in [-0.2, 0) is 13.0 Å². The van der Waals surface area contributed by atoms with Crippen LogP contribution in [0.15, 0.2) is 36.4 Å². The second-order valence-corrected chi connectivity index (χ2v) is 9.10. The SMILES string of the molecule is CC.CC.CCSNC(=O)c1ccc(CN2CCN(c3ccc(OC(F)(F)F)c(Cl)c3)CC2)c(CC)c1.CF. The second-order valence-electron chi connectivity index (χ2n) is 7.63. The molecule has 0 bridgehead atoms. The van der Waals surface area contributed by atoms with E-state index >= 15 is 0 Å². The number of benzene rings is 2. The first kappa shape index (κ1) is 36.8. The molecule has 1 aliphatic heterocycles. The van der Waals surface area contributed by atoms with Crippen LogP contribution in [-0.4, -0.2) is 56.3 Å². The van der Waals surface area contributed by atoms with Gasteiger partial charge in [0.05, 0.1) is 12.2 Å². The number of nitrogens with one attached hydrogen (secondary N) is 1. The van der Waals surface area contributed by atoms with Crippen molar-refractivity contribution >= 4 is 35.1 Å². The molecule has 0 aromatic heterocycles. The molecule has 2 aromatic rings. The lowest BCUT2D eigenvalue weighted by atomic mass is 10.0. The highest BCUT2D eigenvalue weighted by Gasteiger charge is 2.32. The predicted octanol–water partition coefficient (Wildman–Crippen LogP) is 8.16. The maximum Gasteiger partial charge on any atom is 0.573 e. The number of nitrogens with zero attached hydrogens (tertiary/aromatic N) is 2. The largest absolute Gasteiger partial charge is 0.573 e. The zero-order valence-corrected chi connectivity index (χ0v) is 25.5. The minimum atomic E-state index is -4.77. The molecule has 0 spiro atoms. The topological polar surface area (TPSA) is 44.8 Å². The average Bonchev–Trinajstić information content (AvgIpc) is 2.96. The maximum absolute atomic E-state index is 12.4. The monoisotopic (exact) mass is 595 g/mol. The van der Waals surface area contributed by atoms with Gasteiger partial charge in [0.15, 0.2) is 0 Å². The molecule has 0 radical (unpaired) electrons. The van der Waals surface area contributed by atoms with E-state index in [4.69, 9.17) is 11.6 Å². The predicted molar refractivity (Wildman–Crippen MR) is 157 cm³/mol. The van der Waals surface area contributed by atoms with Gasteiger partial charge in [-0.05, 0) is 47.9 Å². The van der Waals surface area contributed by atoms with Gasteiger partial charge in [0.25, 0.3) is 5.91 Å². The summed E-state index contributed by atoms with van der Waals surface area (Å²) in [6.07, 6.45) is -3.94. The number of hydrogen-bond acceptors (Lipinski definition) is 5. The summed E-state index contributed by atoms with van der Waals surface area (Å²) < 4.78 is 53.6. The van der Waals surface area contributed by atoms with Gasteiger partial charge in [-0.25, -0.2) is 0 Å². The lowest BCUT2D eigenvalue weighted by molar-refractivity contribution is -0.274. The Labute approximate surface area is 240 Å². The molecule has 0 atom stereocenters. The third-order valence-corrected chi connectivity index (χ3v) is 6.34. The van der Waals surface area contributed by atoms with E-state index in [1.54, 1.807) is 6.07 Å². The van der Waals surface area contributed by atoms with Crippen molar-refractivity contribution in [3.63, 3.8) is 0 Å². The van der Waals surface area contributed by atoms with E-state index in [1.165, 1.54) is 29.6 Å². The van der Waals surface area contributed by atoms with Gasteiger partial charge >= 0.3 is 6.36 Å². The first-order valence-corrected chi connectivity index (χ1v) is 14.5.